The van der Waals surface area contributed by atoms with Gasteiger partial charge in [0.2, 0.25) is 0 Å². The van der Waals surface area contributed by atoms with Crippen molar-refractivity contribution in [3.63, 3.8) is 0 Å². The number of methoxy groups -OCH3 is 1. The summed E-state index contributed by atoms with van der Waals surface area (Å²) < 4.78 is 10.4. The molecule has 0 saturated carbocycles. The Labute approximate surface area is 123 Å². The van der Waals surface area contributed by atoms with E-state index in [1.807, 2.05) is 6.92 Å². The fourth-order valence-corrected chi connectivity index (χ4v) is 2.15. The van der Waals surface area contributed by atoms with Crippen LogP contribution in [0.15, 0.2) is 24.3 Å². The predicted molar refractivity (Wildman–Crippen MR) is 84.5 cm³/mol. The van der Waals surface area contributed by atoms with Crippen LogP contribution in [0.4, 0.5) is 0 Å². The molecule has 0 aliphatic carbocycles. The summed E-state index contributed by atoms with van der Waals surface area (Å²) in [4.78, 5) is 0. The highest BCUT2D eigenvalue weighted by atomic mass is 16.5. The van der Waals surface area contributed by atoms with Gasteiger partial charge in [-0.1, -0.05) is 25.0 Å². The van der Waals surface area contributed by atoms with Gasteiger partial charge >= 0.3 is 0 Å². The molecule has 0 unspecified atom stereocenters. The zero-order chi connectivity index (χ0) is 14.5. The SMILES string of the molecule is CCOc1ccc(CCCCCCNCCOC)cc1. The van der Waals surface area contributed by atoms with E-state index < -0.39 is 0 Å². The number of rotatable bonds is 12. The summed E-state index contributed by atoms with van der Waals surface area (Å²) in [6.45, 7) is 5.61. The molecule has 3 heteroatoms. The van der Waals surface area contributed by atoms with Crippen molar-refractivity contribution in [2.24, 2.45) is 0 Å². The Kier molecular flexibility index (Phi) is 9.98. The third kappa shape index (κ3) is 8.18. The molecule has 114 valence electrons. The van der Waals surface area contributed by atoms with E-state index in [9.17, 15) is 0 Å². The molecule has 0 amide bonds. The van der Waals surface area contributed by atoms with Gasteiger partial charge in [-0.3, -0.25) is 0 Å². The maximum atomic E-state index is 5.44. The van der Waals surface area contributed by atoms with E-state index in [0.717, 1.165) is 32.1 Å². The van der Waals surface area contributed by atoms with E-state index in [-0.39, 0.29) is 0 Å². The van der Waals surface area contributed by atoms with Crippen LogP contribution >= 0.6 is 0 Å². The van der Waals surface area contributed by atoms with Gasteiger partial charge in [0, 0.05) is 13.7 Å². The summed E-state index contributed by atoms with van der Waals surface area (Å²) >= 11 is 0. The molecule has 0 atom stereocenters. The highest BCUT2D eigenvalue weighted by Gasteiger charge is 1.96. The minimum Gasteiger partial charge on any atom is -0.494 e. The maximum absolute atomic E-state index is 5.44. The van der Waals surface area contributed by atoms with E-state index in [2.05, 4.69) is 29.6 Å². The number of hydrogen-bond acceptors (Lipinski definition) is 3. The molecule has 0 aromatic heterocycles. The van der Waals surface area contributed by atoms with Gasteiger partial charge < -0.3 is 14.8 Å². The standard InChI is InChI=1S/C17H29NO2/c1-3-20-17-11-9-16(10-12-17)8-6-4-5-7-13-18-14-15-19-2/h9-12,18H,3-8,13-15H2,1-2H3. The molecule has 0 aliphatic rings. The van der Waals surface area contributed by atoms with Gasteiger partial charge in [0.1, 0.15) is 5.75 Å². The van der Waals surface area contributed by atoms with Gasteiger partial charge in [0.15, 0.2) is 0 Å². The van der Waals surface area contributed by atoms with Crippen LogP contribution in [0.5, 0.6) is 5.75 Å². The first kappa shape index (κ1) is 17.0. The first-order valence-corrected chi connectivity index (χ1v) is 7.78. The van der Waals surface area contributed by atoms with E-state index >= 15 is 0 Å². The van der Waals surface area contributed by atoms with Crippen LogP contribution in [-0.4, -0.2) is 33.4 Å². The van der Waals surface area contributed by atoms with E-state index in [4.69, 9.17) is 9.47 Å². The van der Waals surface area contributed by atoms with Crippen molar-refractivity contribution in [2.75, 3.05) is 33.4 Å². The van der Waals surface area contributed by atoms with E-state index in [1.54, 1.807) is 7.11 Å². The molecule has 0 saturated heterocycles. The normalized spacial score (nSPS) is 10.7. The lowest BCUT2D eigenvalue weighted by molar-refractivity contribution is 0.199. The average Bonchev–Trinajstić information content (AvgIpc) is 2.47. The first-order valence-electron chi connectivity index (χ1n) is 7.78. The van der Waals surface area contributed by atoms with Crippen molar-refractivity contribution in [3.8, 4) is 5.75 Å². The van der Waals surface area contributed by atoms with Crippen molar-refractivity contribution in [1.82, 2.24) is 5.32 Å². The molecule has 1 aromatic carbocycles. The average molecular weight is 279 g/mol. The van der Waals surface area contributed by atoms with Crippen LogP contribution in [-0.2, 0) is 11.2 Å². The van der Waals surface area contributed by atoms with Crippen molar-refractivity contribution in [1.29, 1.82) is 0 Å². The lowest BCUT2D eigenvalue weighted by Gasteiger charge is -2.06. The Morgan fingerprint density at radius 1 is 0.950 bits per heavy atom. The highest BCUT2D eigenvalue weighted by Crippen LogP contribution is 2.14. The molecular weight excluding hydrogens is 250 g/mol. The number of aryl methyl sites for hydroxylation is 1. The summed E-state index contributed by atoms with van der Waals surface area (Å²) in [6.07, 6.45) is 6.30. The topological polar surface area (TPSA) is 30.5 Å². The molecule has 0 aliphatic heterocycles. The molecule has 0 heterocycles. The number of ether oxygens (including phenoxy) is 2. The molecule has 0 bridgehead atoms. The molecule has 3 nitrogen and oxygen atoms in total. The van der Waals surface area contributed by atoms with Crippen molar-refractivity contribution in [2.45, 2.75) is 39.0 Å². The zero-order valence-corrected chi connectivity index (χ0v) is 13.0. The highest BCUT2D eigenvalue weighted by molar-refractivity contribution is 5.27. The van der Waals surface area contributed by atoms with Gasteiger partial charge in [0.25, 0.3) is 0 Å². The monoisotopic (exact) mass is 279 g/mol. The Hall–Kier alpha value is -1.06. The zero-order valence-electron chi connectivity index (χ0n) is 13.0. The van der Waals surface area contributed by atoms with Gasteiger partial charge in [-0.2, -0.15) is 0 Å². The van der Waals surface area contributed by atoms with E-state index in [0.29, 0.717) is 0 Å². The molecular formula is C17H29NO2. The first-order chi connectivity index (χ1) is 9.86. The number of nitrogens with one attached hydrogen (secondary N) is 1. The number of unbranched alkanes of at least 4 members (excludes halogenated alkanes) is 3. The molecule has 0 radical (unpaired) electrons. The smallest absolute Gasteiger partial charge is 0.119 e. The molecule has 0 spiro atoms. The fourth-order valence-electron chi connectivity index (χ4n) is 2.15. The van der Waals surface area contributed by atoms with Crippen LogP contribution in [0.25, 0.3) is 0 Å². The number of hydrogen-bond donors (Lipinski definition) is 1. The minimum absolute atomic E-state index is 0.734. The quantitative estimate of drug-likeness (QED) is 0.595. The maximum Gasteiger partial charge on any atom is 0.119 e. The summed E-state index contributed by atoms with van der Waals surface area (Å²) in [6, 6.07) is 8.49. The summed E-state index contributed by atoms with van der Waals surface area (Å²) in [5, 5.41) is 3.37. The molecule has 1 N–H and O–H groups in total. The second-order valence-electron chi connectivity index (χ2n) is 4.98. The minimum atomic E-state index is 0.734. The van der Waals surface area contributed by atoms with Gasteiger partial charge in [-0.15, -0.1) is 0 Å². The predicted octanol–water partition coefficient (Wildman–Crippen LogP) is 3.42. The molecule has 0 fully saturated rings. The fraction of sp³-hybridized carbons (Fsp3) is 0.647. The lowest BCUT2D eigenvalue weighted by atomic mass is 10.1. The molecule has 1 aromatic rings. The van der Waals surface area contributed by atoms with Crippen LogP contribution in [0, 0.1) is 0 Å². The Morgan fingerprint density at radius 3 is 2.40 bits per heavy atom. The number of benzene rings is 1. The Morgan fingerprint density at radius 2 is 1.70 bits per heavy atom. The molecule has 1 rings (SSSR count). The molecule has 20 heavy (non-hydrogen) atoms. The largest absolute Gasteiger partial charge is 0.494 e. The second-order valence-corrected chi connectivity index (χ2v) is 4.98. The summed E-state index contributed by atoms with van der Waals surface area (Å²) in [5.74, 6) is 0.971. The lowest BCUT2D eigenvalue weighted by Crippen LogP contribution is -2.20. The third-order valence-electron chi connectivity index (χ3n) is 3.29. The van der Waals surface area contributed by atoms with Crippen molar-refractivity contribution < 1.29 is 9.47 Å². The third-order valence-corrected chi connectivity index (χ3v) is 3.29. The second kappa shape index (κ2) is 11.7. The van der Waals surface area contributed by atoms with Gasteiger partial charge in [-0.25, -0.2) is 0 Å². The Balaban J connectivity index is 1.98. The summed E-state index contributed by atoms with van der Waals surface area (Å²) in [7, 11) is 1.74. The Bertz CT molecular complexity index is 324. The van der Waals surface area contributed by atoms with Crippen LogP contribution in [0.1, 0.15) is 38.2 Å². The van der Waals surface area contributed by atoms with Gasteiger partial charge in [0.05, 0.1) is 13.2 Å². The van der Waals surface area contributed by atoms with Gasteiger partial charge in [-0.05, 0) is 50.4 Å². The van der Waals surface area contributed by atoms with Crippen LogP contribution in [0.2, 0.25) is 0 Å². The van der Waals surface area contributed by atoms with E-state index in [1.165, 1.54) is 37.7 Å². The summed E-state index contributed by atoms with van der Waals surface area (Å²) in [5.41, 5.74) is 1.41. The van der Waals surface area contributed by atoms with Crippen molar-refractivity contribution in [3.05, 3.63) is 29.8 Å². The van der Waals surface area contributed by atoms with Crippen LogP contribution in [0.3, 0.4) is 0 Å². The van der Waals surface area contributed by atoms with Crippen LogP contribution < -0.4 is 10.1 Å². The van der Waals surface area contributed by atoms with Crippen molar-refractivity contribution >= 4 is 0 Å².